The fourth-order valence-electron chi connectivity index (χ4n) is 3.10. The summed E-state index contributed by atoms with van der Waals surface area (Å²) in [5, 5.41) is 12.6. The van der Waals surface area contributed by atoms with Crippen LogP contribution < -0.4 is 14.8 Å². The van der Waals surface area contributed by atoms with E-state index in [4.69, 9.17) is 9.47 Å². The summed E-state index contributed by atoms with van der Waals surface area (Å²) in [6.45, 7) is 0. The molecule has 2 N–H and O–H groups in total. The molecule has 0 bridgehead atoms. The smallest absolute Gasteiger partial charge is 0.251 e. The van der Waals surface area contributed by atoms with Crippen molar-refractivity contribution in [2.45, 2.75) is 25.0 Å². The lowest BCUT2D eigenvalue weighted by molar-refractivity contribution is 0.0234. The highest BCUT2D eigenvalue weighted by Gasteiger charge is 2.36. The number of aromatic nitrogens is 1. The Bertz CT molecular complexity index is 776. The molecule has 1 aliphatic carbocycles. The Morgan fingerprint density at radius 3 is 2.62 bits per heavy atom. The zero-order valence-corrected chi connectivity index (χ0v) is 14.6. The Labute approximate surface area is 151 Å². The molecular formula is C19H21FN2O4. The van der Waals surface area contributed by atoms with Gasteiger partial charge in [-0.25, -0.2) is 9.37 Å². The number of amides is 1. The van der Waals surface area contributed by atoms with Crippen molar-refractivity contribution in [3.8, 4) is 11.6 Å². The Morgan fingerprint density at radius 2 is 2.04 bits per heavy atom. The van der Waals surface area contributed by atoms with Crippen LogP contribution in [0.25, 0.3) is 0 Å². The van der Waals surface area contributed by atoms with Gasteiger partial charge in [-0.05, 0) is 42.5 Å². The summed E-state index contributed by atoms with van der Waals surface area (Å²) in [6, 6.07) is 7.23. The molecule has 1 amide bonds. The molecule has 2 aromatic rings. The van der Waals surface area contributed by atoms with Crippen LogP contribution in [0.5, 0.6) is 11.6 Å². The van der Waals surface area contributed by atoms with Crippen molar-refractivity contribution >= 4 is 5.91 Å². The molecular weight excluding hydrogens is 339 g/mol. The van der Waals surface area contributed by atoms with E-state index in [-0.39, 0.29) is 29.7 Å². The van der Waals surface area contributed by atoms with Crippen molar-refractivity contribution in [2.75, 3.05) is 14.2 Å². The first kappa shape index (κ1) is 18.1. The van der Waals surface area contributed by atoms with Crippen LogP contribution in [0, 0.1) is 11.7 Å². The summed E-state index contributed by atoms with van der Waals surface area (Å²) >= 11 is 0. The molecule has 6 nitrogen and oxygen atoms in total. The van der Waals surface area contributed by atoms with Gasteiger partial charge < -0.3 is 19.9 Å². The van der Waals surface area contributed by atoms with Crippen LogP contribution in [0.15, 0.2) is 36.5 Å². The standard InChI is InChI=1S/C19H21FN2O4/c1-25-16-9-11(3-5-15(16)20)19(24)22-18(13-7-14(23)8-13)12-4-6-17(26-2)21-10-12/h3-6,9-10,13-14,18,23H,7-8H2,1-2H3,(H,22,24)/t13?,14?,18-/m1/s1. The quantitative estimate of drug-likeness (QED) is 0.827. The molecule has 1 aromatic carbocycles. The van der Waals surface area contributed by atoms with Crippen LogP contribution in [0.1, 0.15) is 34.8 Å². The number of carbonyl (C=O) groups excluding carboxylic acids is 1. The second-order valence-corrected chi connectivity index (χ2v) is 6.32. The molecule has 0 aliphatic heterocycles. The first-order valence-electron chi connectivity index (χ1n) is 8.34. The van der Waals surface area contributed by atoms with Crippen LogP contribution in [-0.4, -0.2) is 36.3 Å². The molecule has 26 heavy (non-hydrogen) atoms. The number of ether oxygens (including phenoxy) is 2. The summed E-state index contributed by atoms with van der Waals surface area (Å²) in [7, 11) is 2.88. The normalized spacial score (nSPS) is 20.0. The number of halogens is 1. The van der Waals surface area contributed by atoms with Gasteiger partial charge in [-0.3, -0.25) is 4.79 Å². The minimum atomic E-state index is -0.526. The SMILES string of the molecule is COc1ccc([C@@H](NC(=O)c2ccc(F)c(OC)c2)C2CC(O)C2)cn1. The number of methoxy groups -OCH3 is 2. The van der Waals surface area contributed by atoms with Gasteiger partial charge in [-0.1, -0.05) is 6.07 Å². The third kappa shape index (κ3) is 3.77. The number of aliphatic hydroxyl groups is 1. The maximum atomic E-state index is 13.6. The van der Waals surface area contributed by atoms with Crippen molar-refractivity contribution in [2.24, 2.45) is 5.92 Å². The lowest BCUT2D eigenvalue weighted by atomic mass is 9.75. The van der Waals surface area contributed by atoms with Gasteiger partial charge in [0, 0.05) is 17.8 Å². The van der Waals surface area contributed by atoms with Crippen molar-refractivity contribution in [3.63, 3.8) is 0 Å². The monoisotopic (exact) mass is 360 g/mol. The van der Waals surface area contributed by atoms with Gasteiger partial charge in [0.25, 0.3) is 5.91 Å². The first-order chi connectivity index (χ1) is 12.5. The van der Waals surface area contributed by atoms with Crippen LogP contribution in [0.3, 0.4) is 0 Å². The Kier molecular flexibility index (Phi) is 5.37. The summed E-state index contributed by atoms with van der Waals surface area (Å²) in [6.07, 6.45) is 2.50. The van der Waals surface area contributed by atoms with Gasteiger partial charge in [-0.2, -0.15) is 0 Å². The molecule has 7 heteroatoms. The zero-order chi connectivity index (χ0) is 18.7. The topological polar surface area (TPSA) is 80.7 Å². The van der Waals surface area contributed by atoms with Crippen molar-refractivity contribution in [3.05, 3.63) is 53.5 Å². The van der Waals surface area contributed by atoms with E-state index < -0.39 is 5.82 Å². The van der Waals surface area contributed by atoms with Crippen molar-refractivity contribution < 1.29 is 23.8 Å². The molecule has 0 unspecified atom stereocenters. The lowest BCUT2D eigenvalue weighted by Gasteiger charge is -2.38. The van der Waals surface area contributed by atoms with E-state index in [1.807, 2.05) is 6.07 Å². The Balaban J connectivity index is 1.82. The van der Waals surface area contributed by atoms with Crippen LogP contribution in [-0.2, 0) is 0 Å². The van der Waals surface area contributed by atoms with Gasteiger partial charge in [0.2, 0.25) is 5.88 Å². The van der Waals surface area contributed by atoms with E-state index in [9.17, 15) is 14.3 Å². The number of pyridine rings is 1. The van der Waals surface area contributed by atoms with Crippen molar-refractivity contribution in [1.29, 1.82) is 0 Å². The highest BCUT2D eigenvalue weighted by Crippen LogP contribution is 2.38. The third-order valence-electron chi connectivity index (χ3n) is 4.65. The summed E-state index contributed by atoms with van der Waals surface area (Å²) in [5.41, 5.74) is 1.12. The fourth-order valence-corrected chi connectivity index (χ4v) is 3.10. The predicted molar refractivity (Wildman–Crippen MR) is 92.7 cm³/mol. The Hall–Kier alpha value is -2.67. The number of nitrogens with zero attached hydrogens (tertiary/aromatic N) is 1. The van der Waals surface area contributed by atoms with E-state index in [0.717, 1.165) is 5.56 Å². The average Bonchev–Trinajstić information content (AvgIpc) is 2.64. The maximum absolute atomic E-state index is 13.6. The molecule has 1 saturated carbocycles. The number of hydrogen-bond donors (Lipinski definition) is 2. The van der Waals surface area contributed by atoms with Gasteiger partial charge in [-0.15, -0.1) is 0 Å². The largest absolute Gasteiger partial charge is 0.494 e. The molecule has 0 saturated heterocycles. The van der Waals surface area contributed by atoms with Gasteiger partial charge in [0.1, 0.15) is 0 Å². The molecule has 1 heterocycles. The number of rotatable bonds is 6. The summed E-state index contributed by atoms with van der Waals surface area (Å²) < 4.78 is 23.6. The van der Waals surface area contributed by atoms with E-state index in [1.54, 1.807) is 12.3 Å². The molecule has 1 aromatic heterocycles. The summed E-state index contributed by atoms with van der Waals surface area (Å²) in [4.78, 5) is 16.9. The average molecular weight is 360 g/mol. The van der Waals surface area contributed by atoms with E-state index >= 15 is 0 Å². The van der Waals surface area contributed by atoms with Crippen LogP contribution >= 0.6 is 0 Å². The predicted octanol–water partition coefficient (Wildman–Crippen LogP) is 2.48. The summed E-state index contributed by atoms with van der Waals surface area (Å²) in [5.74, 6) is -0.269. The van der Waals surface area contributed by atoms with E-state index in [1.165, 1.54) is 32.4 Å². The molecule has 1 aliphatic rings. The zero-order valence-electron chi connectivity index (χ0n) is 14.6. The highest BCUT2D eigenvalue weighted by molar-refractivity contribution is 5.94. The second-order valence-electron chi connectivity index (χ2n) is 6.32. The van der Waals surface area contributed by atoms with Gasteiger partial charge in [0.15, 0.2) is 11.6 Å². The van der Waals surface area contributed by atoms with Gasteiger partial charge >= 0.3 is 0 Å². The molecule has 3 rings (SSSR count). The highest BCUT2D eigenvalue weighted by atomic mass is 19.1. The molecule has 1 fully saturated rings. The van der Waals surface area contributed by atoms with E-state index in [0.29, 0.717) is 24.3 Å². The fraction of sp³-hybridized carbons (Fsp3) is 0.368. The molecule has 1 atom stereocenters. The molecule has 0 radical (unpaired) electrons. The molecule has 138 valence electrons. The maximum Gasteiger partial charge on any atom is 0.251 e. The number of aliphatic hydroxyl groups excluding tert-OH is 1. The van der Waals surface area contributed by atoms with Crippen LogP contribution in [0.4, 0.5) is 4.39 Å². The number of nitrogens with one attached hydrogen (secondary N) is 1. The lowest BCUT2D eigenvalue weighted by Crippen LogP contribution is -2.41. The van der Waals surface area contributed by atoms with Gasteiger partial charge in [0.05, 0.1) is 26.4 Å². The second kappa shape index (κ2) is 7.70. The number of hydrogen-bond acceptors (Lipinski definition) is 5. The number of benzene rings is 1. The third-order valence-corrected chi connectivity index (χ3v) is 4.65. The molecule has 0 spiro atoms. The number of carbonyl (C=O) groups is 1. The van der Waals surface area contributed by atoms with Crippen LogP contribution in [0.2, 0.25) is 0 Å². The first-order valence-corrected chi connectivity index (χ1v) is 8.34. The minimum Gasteiger partial charge on any atom is -0.494 e. The minimum absolute atomic E-state index is 0.0133. The van der Waals surface area contributed by atoms with E-state index in [2.05, 4.69) is 10.3 Å². The van der Waals surface area contributed by atoms with Crippen molar-refractivity contribution in [1.82, 2.24) is 10.3 Å². The Morgan fingerprint density at radius 1 is 1.27 bits per heavy atom.